The molecule has 0 radical (unpaired) electrons. The van der Waals surface area contributed by atoms with Crippen molar-refractivity contribution in [3.8, 4) is 16.9 Å². The van der Waals surface area contributed by atoms with Gasteiger partial charge in [0.2, 0.25) is 0 Å². The number of esters is 1. The average molecular weight is 311 g/mol. The zero-order valence-electron chi connectivity index (χ0n) is 11.8. The van der Waals surface area contributed by atoms with Crippen LogP contribution in [0, 0.1) is 6.92 Å². The smallest absolute Gasteiger partial charge is 0.464 e. The fraction of sp³-hybridized carbons (Fsp3) is 0.200. The maximum atomic E-state index is 12.2. The van der Waals surface area contributed by atoms with Crippen molar-refractivity contribution in [1.82, 2.24) is 4.98 Å². The first-order valence-electron chi connectivity index (χ1n) is 6.21. The van der Waals surface area contributed by atoms with E-state index in [1.54, 1.807) is 19.1 Å². The van der Waals surface area contributed by atoms with E-state index in [1.165, 1.54) is 31.5 Å². The lowest BCUT2D eigenvalue weighted by atomic mass is 10.0. The van der Waals surface area contributed by atoms with Gasteiger partial charge in [0.15, 0.2) is 5.69 Å². The summed E-state index contributed by atoms with van der Waals surface area (Å²) in [4.78, 5) is 15.5. The largest absolute Gasteiger partial charge is 0.573 e. The van der Waals surface area contributed by atoms with Crippen molar-refractivity contribution in [3.63, 3.8) is 0 Å². The number of aromatic nitrogens is 1. The van der Waals surface area contributed by atoms with Gasteiger partial charge >= 0.3 is 12.3 Å². The molecule has 2 aromatic rings. The van der Waals surface area contributed by atoms with Crippen LogP contribution in [0.5, 0.6) is 5.75 Å². The average Bonchev–Trinajstić information content (AvgIpc) is 2.45. The van der Waals surface area contributed by atoms with E-state index in [0.29, 0.717) is 16.7 Å². The number of carbonyl (C=O) groups is 1. The predicted octanol–water partition coefficient (Wildman–Crippen LogP) is 3.74. The Morgan fingerprint density at radius 1 is 1.18 bits per heavy atom. The van der Waals surface area contributed by atoms with Crippen LogP contribution in [0.25, 0.3) is 11.1 Å². The third-order valence-corrected chi connectivity index (χ3v) is 2.86. The molecule has 116 valence electrons. The summed E-state index contributed by atoms with van der Waals surface area (Å²) >= 11 is 0. The van der Waals surface area contributed by atoms with E-state index >= 15 is 0 Å². The molecular weight excluding hydrogens is 299 g/mol. The van der Waals surface area contributed by atoms with Crippen LogP contribution in [0.1, 0.15) is 16.1 Å². The van der Waals surface area contributed by atoms with Gasteiger partial charge in [0.25, 0.3) is 0 Å². The lowest BCUT2D eigenvalue weighted by Gasteiger charge is -2.11. The first-order valence-corrected chi connectivity index (χ1v) is 6.21. The third kappa shape index (κ3) is 3.75. The third-order valence-electron chi connectivity index (χ3n) is 2.86. The van der Waals surface area contributed by atoms with Crippen molar-refractivity contribution >= 4 is 5.97 Å². The van der Waals surface area contributed by atoms with Crippen molar-refractivity contribution in [2.24, 2.45) is 0 Å². The van der Waals surface area contributed by atoms with E-state index < -0.39 is 12.3 Å². The molecule has 0 atom stereocenters. The minimum absolute atomic E-state index is 0.161. The van der Waals surface area contributed by atoms with Crippen molar-refractivity contribution in [3.05, 3.63) is 47.8 Å². The Morgan fingerprint density at radius 3 is 2.50 bits per heavy atom. The van der Waals surface area contributed by atoms with Crippen molar-refractivity contribution < 1.29 is 27.4 Å². The summed E-state index contributed by atoms with van der Waals surface area (Å²) in [5, 5.41) is 0. The van der Waals surface area contributed by atoms with Crippen LogP contribution in [0.3, 0.4) is 0 Å². The molecule has 0 aliphatic carbocycles. The molecule has 0 spiro atoms. The minimum Gasteiger partial charge on any atom is -0.464 e. The number of nitrogens with zero attached hydrogens (tertiary/aromatic N) is 1. The minimum atomic E-state index is -4.75. The van der Waals surface area contributed by atoms with Crippen LogP contribution in [-0.4, -0.2) is 24.4 Å². The van der Waals surface area contributed by atoms with E-state index in [9.17, 15) is 18.0 Å². The molecule has 0 fully saturated rings. The molecule has 2 rings (SSSR count). The normalized spacial score (nSPS) is 11.1. The topological polar surface area (TPSA) is 48.4 Å². The van der Waals surface area contributed by atoms with E-state index in [4.69, 9.17) is 0 Å². The number of rotatable bonds is 3. The molecule has 0 bridgehead atoms. The van der Waals surface area contributed by atoms with Crippen LogP contribution in [0.4, 0.5) is 13.2 Å². The van der Waals surface area contributed by atoms with Gasteiger partial charge in [-0.05, 0) is 36.2 Å². The Morgan fingerprint density at radius 2 is 1.91 bits per heavy atom. The van der Waals surface area contributed by atoms with Gasteiger partial charge in [-0.15, -0.1) is 13.2 Å². The van der Waals surface area contributed by atoms with E-state index in [0.717, 1.165) is 0 Å². The number of alkyl halides is 3. The SMILES string of the molecule is COC(=O)c1ncc(-c2cccc(OC(F)(F)F)c2)cc1C. The monoisotopic (exact) mass is 311 g/mol. The zero-order valence-corrected chi connectivity index (χ0v) is 11.8. The summed E-state index contributed by atoms with van der Waals surface area (Å²) < 4.78 is 45.2. The molecule has 4 nitrogen and oxygen atoms in total. The summed E-state index contributed by atoms with van der Waals surface area (Å²) in [6.45, 7) is 1.67. The van der Waals surface area contributed by atoms with Gasteiger partial charge in [0, 0.05) is 11.8 Å². The molecule has 0 unspecified atom stereocenters. The van der Waals surface area contributed by atoms with Crippen LogP contribution in [0.2, 0.25) is 0 Å². The highest BCUT2D eigenvalue weighted by Crippen LogP contribution is 2.28. The second kappa shape index (κ2) is 6.05. The number of aryl methyl sites for hydroxylation is 1. The highest BCUT2D eigenvalue weighted by Gasteiger charge is 2.31. The number of carbonyl (C=O) groups excluding carboxylic acids is 1. The number of benzene rings is 1. The molecule has 1 aromatic heterocycles. The quantitative estimate of drug-likeness (QED) is 0.810. The molecular formula is C15H12F3NO3. The molecule has 1 heterocycles. The van der Waals surface area contributed by atoms with Gasteiger partial charge in [0.05, 0.1) is 7.11 Å². The summed E-state index contributed by atoms with van der Waals surface area (Å²) in [5.41, 5.74) is 1.78. The van der Waals surface area contributed by atoms with Gasteiger partial charge in [0.1, 0.15) is 5.75 Å². The molecule has 0 amide bonds. The summed E-state index contributed by atoms with van der Waals surface area (Å²) in [7, 11) is 1.25. The van der Waals surface area contributed by atoms with Crippen LogP contribution in [-0.2, 0) is 4.74 Å². The van der Waals surface area contributed by atoms with Gasteiger partial charge in [-0.3, -0.25) is 0 Å². The Hall–Kier alpha value is -2.57. The zero-order chi connectivity index (χ0) is 16.3. The van der Waals surface area contributed by atoms with Crippen LogP contribution < -0.4 is 4.74 Å². The van der Waals surface area contributed by atoms with E-state index in [2.05, 4.69) is 14.5 Å². The molecule has 7 heteroatoms. The number of hydrogen-bond donors (Lipinski definition) is 0. The molecule has 0 aliphatic heterocycles. The van der Waals surface area contributed by atoms with Crippen molar-refractivity contribution in [2.75, 3.05) is 7.11 Å². The van der Waals surface area contributed by atoms with Gasteiger partial charge in [-0.2, -0.15) is 0 Å². The fourth-order valence-electron chi connectivity index (χ4n) is 1.92. The molecule has 0 aliphatic rings. The second-order valence-electron chi connectivity index (χ2n) is 4.46. The Bertz CT molecular complexity index is 699. The lowest BCUT2D eigenvalue weighted by Crippen LogP contribution is -2.17. The molecule has 0 saturated carbocycles. The molecule has 22 heavy (non-hydrogen) atoms. The van der Waals surface area contributed by atoms with Crippen molar-refractivity contribution in [2.45, 2.75) is 13.3 Å². The van der Waals surface area contributed by atoms with Gasteiger partial charge in [-0.25, -0.2) is 9.78 Å². The van der Waals surface area contributed by atoms with E-state index in [1.807, 2.05) is 0 Å². The van der Waals surface area contributed by atoms with Gasteiger partial charge < -0.3 is 9.47 Å². The number of ether oxygens (including phenoxy) is 2. The second-order valence-corrected chi connectivity index (χ2v) is 4.46. The number of hydrogen-bond acceptors (Lipinski definition) is 4. The first-order chi connectivity index (χ1) is 10.3. The first kappa shape index (κ1) is 15.8. The molecule has 0 saturated heterocycles. The fourth-order valence-corrected chi connectivity index (χ4v) is 1.92. The number of halogens is 3. The Balaban J connectivity index is 2.34. The highest BCUT2D eigenvalue weighted by atomic mass is 19.4. The number of methoxy groups -OCH3 is 1. The summed E-state index contributed by atoms with van der Waals surface area (Å²) in [6.07, 6.45) is -3.35. The lowest BCUT2D eigenvalue weighted by molar-refractivity contribution is -0.274. The van der Waals surface area contributed by atoms with E-state index in [-0.39, 0.29) is 11.4 Å². The van der Waals surface area contributed by atoms with Crippen molar-refractivity contribution in [1.29, 1.82) is 0 Å². The summed E-state index contributed by atoms with van der Waals surface area (Å²) in [5.74, 6) is -0.891. The van der Waals surface area contributed by atoms with Crippen LogP contribution >= 0.6 is 0 Å². The highest BCUT2D eigenvalue weighted by molar-refractivity contribution is 5.89. The Labute approximate surface area is 124 Å². The Kier molecular flexibility index (Phi) is 4.35. The summed E-state index contributed by atoms with van der Waals surface area (Å²) in [6, 6.07) is 7.17. The maximum Gasteiger partial charge on any atom is 0.573 e. The molecule has 0 N–H and O–H groups in total. The molecule has 1 aromatic carbocycles. The standard InChI is InChI=1S/C15H12F3NO3/c1-9-6-11(8-19-13(9)14(20)21-2)10-4-3-5-12(7-10)22-15(16,17)18/h3-8H,1-2H3. The number of pyridine rings is 1. The van der Waals surface area contributed by atoms with Gasteiger partial charge in [-0.1, -0.05) is 12.1 Å². The predicted molar refractivity (Wildman–Crippen MR) is 72.4 cm³/mol. The van der Waals surface area contributed by atoms with Crippen LogP contribution in [0.15, 0.2) is 36.5 Å². The maximum absolute atomic E-state index is 12.2.